The Hall–Kier alpha value is -1.47. The minimum absolute atomic E-state index is 0.0873. The summed E-state index contributed by atoms with van der Waals surface area (Å²) < 4.78 is 37.7. The average Bonchev–Trinajstić information content (AvgIpc) is 2.35. The molecule has 0 aliphatic rings. The Labute approximate surface area is 113 Å². The molecule has 0 amide bonds. The van der Waals surface area contributed by atoms with Crippen LogP contribution in [-0.2, 0) is 6.18 Å². The Kier molecular flexibility index (Phi) is 5.44. The van der Waals surface area contributed by atoms with Crippen LogP contribution in [0.2, 0.25) is 5.02 Å². The molecule has 0 atom stereocenters. The quantitative estimate of drug-likeness (QED) is 0.347. The highest BCUT2D eigenvalue weighted by atomic mass is 35.5. The van der Waals surface area contributed by atoms with E-state index in [9.17, 15) is 13.2 Å². The first-order valence-electron chi connectivity index (χ1n) is 5.53. The van der Waals surface area contributed by atoms with Crippen molar-refractivity contribution in [1.29, 1.82) is 0 Å². The summed E-state index contributed by atoms with van der Waals surface area (Å²) in [5, 5.41) is 2.77. The lowest BCUT2D eigenvalue weighted by molar-refractivity contribution is -0.137. The molecule has 0 bridgehead atoms. The monoisotopic (exact) mass is 294 g/mol. The summed E-state index contributed by atoms with van der Waals surface area (Å²) in [5.74, 6) is 5.38. The molecule has 0 saturated heterocycles. The van der Waals surface area contributed by atoms with E-state index >= 15 is 0 Å². The molecule has 0 spiro atoms. The summed E-state index contributed by atoms with van der Waals surface area (Å²) in [4.78, 5) is 4.02. The molecular weight excluding hydrogens is 281 g/mol. The molecule has 0 aromatic heterocycles. The van der Waals surface area contributed by atoms with Gasteiger partial charge < -0.3 is 5.32 Å². The van der Waals surface area contributed by atoms with Crippen molar-refractivity contribution in [3.05, 3.63) is 28.8 Å². The number of nitrogens with zero attached hydrogens (tertiary/aromatic N) is 1. The van der Waals surface area contributed by atoms with Crippen LogP contribution in [0.1, 0.15) is 18.9 Å². The van der Waals surface area contributed by atoms with Crippen LogP contribution in [0.15, 0.2) is 23.2 Å². The van der Waals surface area contributed by atoms with E-state index in [2.05, 4.69) is 15.7 Å². The maximum atomic E-state index is 12.6. The Bertz CT molecular complexity index is 460. The summed E-state index contributed by atoms with van der Waals surface area (Å²) in [6.07, 6.45) is -3.65. The molecule has 0 saturated carbocycles. The second kappa shape index (κ2) is 6.63. The summed E-state index contributed by atoms with van der Waals surface area (Å²) in [6.45, 7) is 2.40. The van der Waals surface area contributed by atoms with Crippen LogP contribution < -0.4 is 16.6 Å². The number of hydrogen-bond donors (Lipinski definition) is 3. The Morgan fingerprint density at radius 2 is 2.11 bits per heavy atom. The number of halogens is 4. The van der Waals surface area contributed by atoms with Crippen LogP contribution in [-0.4, -0.2) is 12.5 Å². The molecule has 4 nitrogen and oxygen atoms in total. The maximum absolute atomic E-state index is 12.6. The minimum Gasteiger partial charge on any atom is -0.324 e. The SMILES string of the molecule is CCCN=C(NN)Nc1cc(C(F)(F)F)ccc1Cl. The van der Waals surface area contributed by atoms with E-state index in [1.54, 1.807) is 0 Å². The van der Waals surface area contributed by atoms with E-state index in [4.69, 9.17) is 17.4 Å². The lowest BCUT2D eigenvalue weighted by atomic mass is 10.2. The number of alkyl halides is 3. The molecule has 0 heterocycles. The van der Waals surface area contributed by atoms with Gasteiger partial charge in [-0.2, -0.15) is 13.2 Å². The van der Waals surface area contributed by atoms with Gasteiger partial charge in [0.15, 0.2) is 0 Å². The van der Waals surface area contributed by atoms with Gasteiger partial charge in [0.1, 0.15) is 0 Å². The predicted molar refractivity (Wildman–Crippen MR) is 70.0 cm³/mol. The van der Waals surface area contributed by atoms with Crippen LogP contribution in [0.4, 0.5) is 18.9 Å². The number of aliphatic imine (C=N–C) groups is 1. The zero-order chi connectivity index (χ0) is 14.5. The van der Waals surface area contributed by atoms with Crippen molar-refractivity contribution < 1.29 is 13.2 Å². The first kappa shape index (κ1) is 15.6. The smallest absolute Gasteiger partial charge is 0.324 e. The number of anilines is 1. The highest BCUT2D eigenvalue weighted by Crippen LogP contribution is 2.33. The van der Waals surface area contributed by atoms with Crippen molar-refractivity contribution in [1.82, 2.24) is 5.43 Å². The Morgan fingerprint density at radius 1 is 1.42 bits per heavy atom. The predicted octanol–water partition coefficient (Wildman–Crippen LogP) is 3.00. The Balaban J connectivity index is 2.99. The van der Waals surface area contributed by atoms with E-state index < -0.39 is 11.7 Å². The van der Waals surface area contributed by atoms with Crippen LogP contribution in [0.5, 0.6) is 0 Å². The van der Waals surface area contributed by atoms with Gasteiger partial charge in [-0.05, 0) is 24.6 Å². The second-order valence-corrected chi connectivity index (χ2v) is 4.10. The first-order valence-corrected chi connectivity index (χ1v) is 5.91. The van der Waals surface area contributed by atoms with Gasteiger partial charge in [-0.3, -0.25) is 10.4 Å². The first-order chi connectivity index (χ1) is 8.88. The lowest BCUT2D eigenvalue weighted by Gasteiger charge is -2.13. The normalized spacial score (nSPS) is 12.4. The van der Waals surface area contributed by atoms with Crippen LogP contribution >= 0.6 is 11.6 Å². The average molecular weight is 295 g/mol. The fourth-order valence-corrected chi connectivity index (χ4v) is 1.43. The number of benzene rings is 1. The van der Waals surface area contributed by atoms with Gasteiger partial charge in [-0.15, -0.1) is 0 Å². The molecule has 0 fully saturated rings. The molecule has 1 aromatic carbocycles. The maximum Gasteiger partial charge on any atom is 0.416 e. The molecule has 19 heavy (non-hydrogen) atoms. The number of hydrogen-bond acceptors (Lipinski definition) is 2. The second-order valence-electron chi connectivity index (χ2n) is 3.69. The highest BCUT2D eigenvalue weighted by Gasteiger charge is 2.31. The molecule has 106 valence electrons. The number of nitrogens with one attached hydrogen (secondary N) is 2. The van der Waals surface area contributed by atoms with Crippen LogP contribution in [0.25, 0.3) is 0 Å². The van der Waals surface area contributed by atoms with E-state index in [0.717, 1.165) is 18.6 Å². The van der Waals surface area contributed by atoms with E-state index in [1.807, 2.05) is 6.92 Å². The topological polar surface area (TPSA) is 62.4 Å². The molecular formula is C11H14ClF3N4. The molecule has 0 radical (unpaired) electrons. The number of nitrogens with two attached hydrogens (primary N) is 1. The molecule has 4 N–H and O–H groups in total. The summed E-state index contributed by atoms with van der Waals surface area (Å²) in [7, 11) is 0. The zero-order valence-electron chi connectivity index (χ0n) is 10.2. The fourth-order valence-electron chi connectivity index (χ4n) is 1.27. The van der Waals surface area contributed by atoms with Gasteiger partial charge in [-0.1, -0.05) is 18.5 Å². The van der Waals surface area contributed by atoms with Gasteiger partial charge >= 0.3 is 6.18 Å². The van der Waals surface area contributed by atoms with Crippen molar-refractivity contribution in [2.75, 3.05) is 11.9 Å². The summed E-state index contributed by atoms with van der Waals surface area (Å²) in [5.41, 5.74) is 1.56. The largest absolute Gasteiger partial charge is 0.416 e. The number of guanidine groups is 1. The molecule has 1 rings (SSSR count). The molecule has 0 aliphatic heterocycles. The number of hydrazine groups is 1. The molecule has 0 aliphatic carbocycles. The summed E-state index contributed by atoms with van der Waals surface area (Å²) in [6, 6.07) is 2.98. The van der Waals surface area contributed by atoms with Gasteiger partial charge in [0.2, 0.25) is 5.96 Å². The van der Waals surface area contributed by atoms with Crippen molar-refractivity contribution >= 4 is 23.2 Å². The van der Waals surface area contributed by atoms with Gasteiger partial charge in [0.05, 0.1) is 16.3 Å². The molecule has 0 unspecified atom stereocenters. The van der Waals surface area contributed by atoms with Crippen molar-refractivity contribution in [3.63, 3.8) is 0 Å². The molecule has 8 heteroatoms. The standard InChI is InChI=1S/C11H14ClF3N4/c1-2-5-17-10(19-16)18-9-6-7(11(13,14)15)3-4-8(9)12/h3-4,6H,2,5,16H2,1H3,(H2,17,18,19). The Morgan fingerprint density at radius 3 is 2.63 bits per heavy atom. The summed E-state index contributed by atoms with van der Waals surface area (Å²) >= 11 is 5.83. The molecule has 1 aromatic rings. The van der Waals surface area contributed by atoms with Crippen molar-refractivity contribution in [3.8, 4) is 0 Å². The van der Waals surface area contributed by atoms with Crippen molar-refractivity contribution in [2.45, 2.75) is 19.5 Å². The van der Waals surface area contributed by atoms with Gasteiger partial charge in [0.25, 0.3) is 0 Å². The third-order valence-electron chi connectivity index (χ3n) is 2.18. The highest BCUT2D eigenvalue weighted by molar-refractivity contribution is 6.33. The minimum atomic E-state index is -4.43. The van der Waals surface area contributed by atoms with E-state index in [0.29, 0.717) is 6.54 Å². The lowest BCUT2D eigenvalue weighted by Crippen LogP contribution is -2.36. The van der Waals surface area contributed by atoms with Crippen molar-refractivity contribution in [2.24, 2.45) is 10.8 Å². The fraction of sp³-hybridized carbons (Fsp3) is 0.364. The number of rotatable bonds is 3. The van der Waals surface area contributed by atoms with Gasteiger partial charge in [0, 0.05) is 6.54 Å². The van der Waals surface area contributed by atoms with Crippen LogP contribution in [0.3, 0.4) is 0 Å². The zero-order valence-corrected chi connectivity index (χ0v) is 10.9. The van der Waals surface area contributed by atoms with E-state index in [1.165, 1.54) is 6.07 Å². The third kappa shape index (κ3) is 4.60. The van der Waals surface area contributed by atoms with E-state index in [-0.39, 0.29) is 16.7 Å². The van der Waals surface area contributed by atoms with Crippen LogP contribution in [0, 0.1) is 0 Å². The van der Waals surface area contributed by atoms with Gasteiger partial charge in [-0.25, -0.2) is 5.84 Å². The third-order valence-corrected chi connectivity index (χ3v) is 2.51.